The van der Waals surface area contributed by atoms with Crippen LogP contribution in [0.2, 0.25) is 0 Å². The third-order valence-corrected chi connectivity index (χ3v) is 5.31. The first kappa shape index (κ1) is 24.0. The molecule has 0 aliphatic carbocycles. The Bertz CT molecular complexity index is 1260. The van der Waals surface area contributed by atoms with Crippen LogP contribution in [0.25, 0.3) is 5.57 Å². The summed E-state index contributed by atoms with van der Waals surface area (Å²) in [6, 6.07) is 11.6. The molecule has 0 bridgehead atoms. The average molecular weight is 484 g/mol. The lowest BCUT2D eigenvalue weighted by Gasteiger charge is -2.27. The number of hydrogen-bond acceptors (Lipinski definition) is 7. The Kier molecular flexibility index (Phi) is 6.85. The highest BCUT2D eigenvalue weighted by atomic mass is 19.4. The van der Waals surface area contributed by atoms with Crippen LogP contribution in [-0.4, -0.2) is 40.3 Å². The van der Waals surface area contributed by atoms with Crippen molar-refractivity contribution in [1.29, 1.82) is 0 Å². The van der Waals surface area contributed by atoms with Crippen molar-refractivity contribution in [3.8, 4) is 5.75 Å². The number of ether oxygens (including phenoxy) is 1. The van der Waals surface area contributed by atoms with E-state index >= 15 is 0 Å². The third kappa shape index (κ3) is 6.25. The molecular formula is C24H23F3N6O2. The number of amides is 1. The van der Waals surface area contributed by atoms with Crippen molar-refractivity contribution < 1.29 is 22.7 Å². The molecular weight excluding hydrogens is 461 g/mol. The SMILES string of the molecule is CC(=O)Nc1cc(Nc2ncnc(N3CC=C(c4ccccc4OC(F)(F)F)CC3)n2)ccc1C. The van der Waals surface area contributed by atoms with Crippen LogP contribution in [0.15, 0.2) is 54.9 Å². The highest BCUT2D eigenvalue weighted by Crippen LogP contribution is 2.34. The first-order valence-electron chi connectivity index (χ1n) is 10.8. The first-order chi connectivity index (χ1) is 16.7. The molecule has 1 amide bonds. The number of hydrogen-bond donors (Lipinski definition) is 2. The van der Waals surface area contributed by atoms with E-state index in [1.807, 2.05) is 30.0 Å². The molecule has 3 aromatic rings. The molecule has 35 heavy (non-hydrogen) atoms. The maximum Gasteiger partial charge on any atom is 0.573 e. The van der Waals surface area contributed by atoms with Crippen molar-refractivity contribution in [2.75, 3.05) is 28.6 Å². The molecule has 182 valence electrons. The van der Waals surface area contributed by atoms with Crippen LogP contribution in [0.5, 0.6) is 5.75 Å². The number of alkyl halides is 3. The Labute approximate surface area is 199 Å². The Morgan fingerprint density at radius 2 is 1.94 bits per heavy atom. The average Bonchev–Trinajstić information content (AvgIpc) is 2.81. The van der Waals surface area contributed by atoms with E-state index in [9.17, 15) is 18.0 Å². The van der Waals surface area contributed by atoms with E-state index in [0.29, 0.717) is 48.3 Å². The molecule has 2 heterocycles. The number of anilines is 4. The number of benzene rings is 2. The Balaban J connectivity index is 1.48. The first-order valence-corrected chi connectivity index (χ1v) is 10.8. The second-order valence-corrected chi connectivity index (χ2v) is 7.91. The number of carbonyl (C=O) groups excluding carboxylic acids is 1. The van der Waals surface area contributed by atoms with Gasteiger partial charge in [0.15, 0.2) is 0 Å². The van der Waals surface area contributed by atoms with Gasteiger partial charge in [0.2, 0.25) is 17.8 Å². The van der Waals surface area contributed by atoms with Gasteiger partial charge >= 0.3 is 6.36 Å². The van der Waals surface area contributed by atoms with Crippen LogP contribution in [-0.2, 0) is 4.79 Å². The van der Waals surface area contributed by atoms with Gasteiger partial charge < -0.3 is 20.3 Å². The van der Waals surface area contributed by atoms with Gasteiger partial charge in [0.05, 0.1) is 0 Å². The van der Waals surface area contributed by atoms with Crippen LogP contribution >= 0.6 is 0 Å². The number of rotatable bonds is 6. The van der Waals surface area contributed by atoms with Crippen LogP contribution in [0.3, 0.4) is 0 Å². The van der Waals surface area contributed by atoms with Gasteiger partial charge in [-0.2, -0.15) is 4.98 Å². The molecule has 0 spiro atoms. The molecule has 11 heteroatoms. The van der Waals surface area contributed by atoms with E-state index in [0.717, 1.165) is 11.1 Å². The number of aromatic nitrogens is 3. The Morgan fingerprint density at radius 3 is 2.66 bits per heavy atom. The fraction of sp³-hybridized carbons (Fsp3) is 0.250. The maximum absolute atomic E-state index is 12.8. The van der Waals surface area contributed by atoms with Crippen LogP contribution in [0, 0.1) is 6.92 Å². The van der Waals surface area contributed by atoms with E-state index in [1.54, 1.807) is 18.2 Å². The Morgan fingerprint density at radius 1 is 1.14 bits per heavy atom. The quantitative estimate of drug-likeness (QED) is 0.504. The van der Waals surface area contributed by atoms with Crippen molar-refractivity contribution in [1.82, 2.24) is 15.0 Å². The van der Waals surface area contributed by atoms with E-state index in [4.69, 9.17) is 0 Å². The summed E-state index contributed by atoms with van der Waals surface area (Å²) in [6.07, 6.45) is -1.03. The molecule has 1 aromatic heterocycles. The molecule has 0 radical (unpaired) electrons. The zero-order valence-corrected chi connectivity index (χ0v) is 19.1. The predicted octanol–water partition coefficient (Wildman–Crippen LogP) is 5.07. The van der Waals surface area contributed by atoms with E-state index in [2.05, 4.69) is 30.3 Å². The summed E-state index contributed by atoms with van der Waals surface area (Å²) in [6.45, 7) is 4.25. The summed E-state index contributed by atoms with van der Waals surface area (Å²) in [7, 11) is 0. The van der Waals surface area contributed by atoms with Crippen molar-refractivity contribution in [2.24, 2.45) is 0 Å². The smallest absolute Gasteiger partial charge is 0.405 e. The predicted molar refractivity (Wildman–Crippen MR) is 127 cm³/mol. The fourth-order valence-corrected chi connectivity index (χ4v) is 3.69. The molecule has 0 saturated heterocycles. The molecule has 1 aliphatic rings. The molecule has 2 aromatic carbocycles. The summed E-state index contributed by atoms with van der Waals surface area (Å²) >= 11 is 0. The van der Waals surface area contributed by atoms with E-state index in [-0.39, 0.29) is 11.7 Å². The number of nitrogens with one attached hydrogen (secondary N) is 2. The zero-order chi connectivity index (χ0) is 25.0. The lowest BCUT2D eigenvalue weighted by Crippen LogP contribution is -2.30. The number of carbonyl (C=O) groups is 1. The lowest BCUT2D eigenvalue weighted by molar-refractivity contribution is -0.274. The highest BCUT2D eigenvalue weighted by Gasteiger charge is 2.32. The maximum atomic E-state index is 12.8. The van der Waals surface area contributed by atoms with Gasteiger partial charge in [0.25, 0.3) is 0 Å². The summed E-state index contributed by atoms with van der Waals surface area (Å²) < 4.78 is 42.5. The van der Waals surface area contributed by atoms with Crippen LogP contribution < -0.4 is 20.3 Å². The Hall–Kier alpha value is -4.15. The van der Waals surface area contributed by atoms with Crippen molar-refractivity contribution >= 4 is 34.8 Å². The lowest BCUT2D eigenvalue weighted by atomic mass is 9.99. The minimum Gasteiger partial charge on any atom is -0.405 e. The van der Waals surface area contributed by atoms with Gasteiger partial charge in [-0.3, -0.25) is 4.79 Å². The van der Waals surface area contributed by atoms with Gasteiger partial charge in [-0.05, 0) is 42.7 Å². The van der Waals surface area contributed by atoms with Gasteiger partial charge in [-0.25, -0.2) is 9.97 Å². The molecule has 8 nitrogen and oxygen atoms in total. The highest BCUT2D eigenvalue weighted by molar-refractivity contribution is 5.90. The summed E-state index contributed by atoms with van der Waals surface area (Å²) in [4.78, 5) is 26.2. The van der Waals surface area contributed by atoms with Crippen molar-refractivity contribution in [3.05, 3.63) is 66.0 Å². The second kappa shape index (κ2) is 10.00. The van der Waals surface area contributed by atoms with Gasteiger partial charge in [0, 0.05) is 37.0 Å². The van der Waals surface area contributed by atoms with Gasteiger partial charge in [-0.1, -0.05) is 30.3 Å². The second-order valence-electron chi connectivity index (χ2n) is 7.91. The normalized spacial score (nSPS) is 13.7. The standard InChI is InChI=1S/C24H23F3N6O2/c1-15-7-8-18(13-20(15)30-16(2)34)31-22-28-14-29-23(32-22)33-11-9-17(10-12-33)19-5-3-4-6-21(19)35-24(25,26)27/h3-9,13-14H,10-12H2,1-2H3,(H,30,34)(H,28,29,31,32). The van der Waals surface area contributed by atoms with Crippen molar-refractivity contribution in [3.63, 3.8) is 0 Å². The minimum absolute atomic E-state index is 0.169. The third-order valence-electron chi connectivity index (χ3n) is 5.31. The number of para-hydroxylation sites is 1. The minimum atomic E-state index is -4.76. The summed E-state index contributed by atoms with van der Waals surface area (Å²) in [5.41, 5.74) is 3.47. The molecule has 1 aliphatic heterocycles. The van der Waals surface area contributed by atoms with Gasteiger partial charge in [-0.15, -0.1) is 13.2 Å². The number of aryl methyl sites for hydroxylation is 1. The largest absolute Gasteiger partial charge is 0.573 e. The number of halogens is 3. The van der Waals surface area contributed by atoms with Gasteiger partial charge in [0.1, 0.15) is 12.1 Å². The fourth-order valence-electron chi connectivity index (χ4n) is 3.69. The zero-order valence-electron chi connectivity index (χ0n) is 19.1. The molecule has 4 rings (SSSR count). The van der Waals surface area contributed by atoms with Crippen LogP contribution in [0.4, 0.5) is 36.4 Å². The molecule has 0 atom stereocenters. The van der Waals surface area contributed by atoms with E-state index in [1.165, 1.54) is 25.4 Å². The molecule has 2 N–H and O–H groups in total. The number of nitrogens with zero attached hydrogens (tertiary/aromatic N) is 4. The topological polar surface area (TPSA) is 92.3 Å². The summed E-state index contributed by atoms with van der Waals surface area (Å²) in [5.74, 6) is 0.374. The monoisotopic (exact) mass is 484 g/mol. The van der Waals surface area contributed by atoms with Crippen LogP contribution in [0.1, 0.15) is 24.5 Å². The van der Waals surface area contributed by atoms with E-state index < -0.39 is 6.36 Å². The molecule has 0 unspecified atom stereocenters. The molecule has 0 saturated carbocycles. The summed E-state index contributed by atoms with van der Waals surface area (Å²) in [5, 5.41) is 5.89. The molecule has 0 fully saturated rings. The van der Waals surface area contributed by atoms with Crippen molar-refractivity contribution in [2.45, 2.75) is 26.6 Å².